The molecule has 0 bridgehead atoms. The minimum Gasteiger partial charge on any atom is -0.211 e. The van der Waals surface area contributed by atoms with Crippen molar-refractivity contribution in [2.45, 2.75) is 44.6 Å². The number of nitrogens with zero attached hydrogens (tertiary/aromatic N) is 1. The van der Waals surface area contributed by atoms with Crippen LogP contribution in [0, 0.1) is 0 Å². The fourth-order valence-electron chi connectivity index (χ4n) is 2.11. The molecule has 90 valence electrons. The highest BCUT2D eigenvalue weighted by Gasteiger charge is 2.45. The number of hydrogen-bond acceptors (Lipinski definition) is 2. The molecular weight excluding hydrogens is 234 g/mol. The molecule has 1 aliphatic carbocycles. The van der Waals surface area contributed by atoms with Crippen molar-refractivity contribution in [1.82, 2.24) is 0 Å². The second-order valence-electron chi connectivity index (χ2n) is 4.78. The summed E-state index contributed by atoms with van der Waals surface area (Å²) in [5, 5.41) is 0.782. The second-order valence-corrected chi connectivity index (χ2v) is 5.19. The summed E-state index contributed by atoms with van der Waals surface area (Å²) >= 11 is 6.30. The fraction of sp³-hybridized carbons (Fsp3) is 0.500. The van der Waals surface area contributed by atoms with Crippen LogP contribution in [0.25, 0.3) is 0 Å². The lowest BCUT2D eigenvalue weighted by molar-refractivity contribution is 0.556. The molecule has 0 saturated heterocycles. The van der Waals surface area contributed by atoms with Gasteiger partial charge in [-0.2, -0.15) is 4.99 Å². The van der Waals surface area contributed by atoms with Crippen LogP contribution in [0.4, 0.5) is 0 Å². The van der Waals surface area contributed by atoms with Crippen LogP contribution in [-0.2, 0) is 10.3 Å². The number of aliphatic imine (C=N–C) groups is 1. The van der Waals surface area contributed by atoms with Crippen molar-refractivity contribution in [3.05, 3.63) is 34.3 Å². The summed E-state index contributed by atoms with van der Waals surface area (Å²) in [7, 11) is 0. The molecule has 2 nitrogen and oxygen atoms in total. The highest BCUT2D eigenvalue weighted by atomic mass is 35.5. The van der Waals surface area contributed by atoms with Crippen molar-refractivity contribution in [2.75, 3.05) is 0 Å². The first kappa shape index (κ1) is 12.3. The van der Waals surface area contributed by atoms with E-state index in [1.165, 1.54) is 5.56 Å². The molecule has 0 aliphatic heterocycles. The molecule has 0 spiro atoms. The van der Waals surface area contributed by atoms with Crippen molar-refractivity contribution < 1.29 is 4.79 Å². The molecule has 1 atom stereocenters. The molecule has 0 radical (unpaired) electrons. The zero-order valence-corrected chi connectivity index (χ0v) is 10.9. The van der Waals surface area contributed by atoms with Gasteiger partial charge in [0.2, 0.25) is 6.08 Å². The summed E-state index contributed by atoms with van der Waals surface area (Å²) in [5.41, 5.74) is 1.89. The van der Waals surface area contributed by atoms with Gasteiger partial charge in [0.15, 0.2) is 0 Å². The molecule has 17 heavy (non-hydrogen) atoms. The first-order valence-electron chi connectivity index (χ1n) is 6.02. The Morgan fingerprint density at radius 2 is 2.24 bits per heavy atom. The van der Waals surface area contributed by atoms with E-state index in [2.05, 4.69) is 24.9 Å². The number of hydrogen-bond donors (Lipinski definition) is 0. The summed E-state index contributed by atoms with van der Waals surface area (Å²) in [6.45, 7) is 4.31. The number of carbonyl (C=O) groups excluding carboxylic acids is 1. The topological polar surface area (TPSA) is 29.4 Å². The van der Waals surface area contributed by atoms with Crippen molar-refractivity contribution in [3.63, 3.8) is 0 Å². The molecule has 0 N–H and O–H groups in total. The number of rotatable bonds is 4. The van der Waals surface area contributed by atoms with E-state index in [0.717, 1.165) is 29.8 Å². The van der Waals surface area contributed by atoms with Crippen LogP contribution in [0.3, 0.4) is 0 Å². The summed E-state index contributed by atoms with van der Waals surface area (Å²) in [5.74, 6) is 0.460. The van der Waals surface area contributed by atoms with E-state index in [4.69, 9.17) is 11.6 Å². The predicted molar refractivity (Wildman–Crippen MR) is 69.2 cm³/mol. The summed E-state index contributed by atoms with van der Waals surface area (Å²) in [6, 6.07) is 6.06. The van der Waals surface area contributed by atoms with Gasteiger partial charge < -0.3 is 0 Å². The van der Waals surface area contributed by atoms with Crippen molar-refractivity contribution in [3.8, 4) is 0 Å². The molecule has 2 rings (SSSR count). The smallest absolute Gasteiger partial charge is 0.211 e. The van der Waals surface area contributed by atoms with E-state index in [1.54, 1.807) is 6.08 Å². The van der Waals surface area contributed by atoms with Gasteiger partial charge in [0.25, 0.3) is 0 Å². The predicted octanol–water partition coefficient (Wildman–Crippen LogP) is 4.18. The number of halogens is 1. The number of benzene rings is 1. The molecule has 0 aromatic heterocycles. The van der Waals surface area contributed by atoms with E-state index < -0.39 is 0 Å². The van der Waals surface area contributed by atoms with Gasteiger partial charge >= 0.3 is 0 Å². The molecule has 1 unspecified atom stereocenters. The lowest BCUT2D eigenvalue weighted by atomic mass is 9.95. The van der Waals surface area contributed by atoms with Crippen LogP contribution < -0.4 is 0 Å². The summed E-state index contributed by atoms with van der Waals surface area (Å²) < 4.78 is 0. The lowest BCUT2D eigenvalue weighted by Gasteiger charge is -2.14. The first-order chi connectivity index (χ1) is 8.13. The third-order valence-corrected chi connectivity index (χ3v) is 3.99. The van der Waals surface area contributed by atoms with Gasteiger partial charge in [-0.15, -0.1) is 0 Å². The average molecular weight is 250 g/mol. The lowest BCUT2D eigenvalue weighted by Crippen LogP contribution is -2.03. The highest BCUT2D eigenvalue weighted by molar-refractivity contribution is 6.31. The van der Waals surface area contributed by atoms with Gasteiger partial charge in [0.05, 0.1) is 5.54 Å². The van der Waals surface area contributed by atoms with Crippen LogP contribution in [-0.4, -0.2) is 6.08 Å². The van der Waals surface area contributed by atoms with Gasteiger partial charge in [-0.25, -0.2) is 4.79 Å². The van der Waals surface area contributed by atoms with Crippen LogP contribution in [0.1, 0.15) is 50.2 Å². The van der Waals surface area contributed by atoms with Gasteiger partial charge in [-0.05, 0) is 42.4 Å². The maximum Gasteiger partial charge on any atom is 0.235 e. The maximum atomic E-state index is 10.4. The van der Waals surface area contributed by atoms with Gasteiger partial charge in [-0.3, -0.25) is 0 Å². The SMILES string of the molecule is CCC(C)c1ccc(C2(N=C=O)CC2)cc1Cl. The maximum absolute atomic E-state index is 10.4. The Labute approximate surface area is 107 Å². The molecule has 1 aliphatic rings. The zero-order valence-electron chi connectivity index (χ0n) is 10.2. The van der Waals surface area contributed by atoms with Crippen molar-refractivity contribution in [1.29, 1.82) is 0 Å². The van der Waals surface area contributed by atoms with Crippen LogP contribution in [0.15, 0.2) is 23.2 Å². The molecule has 0 amide bonds. The highest BCUT2D eigenvalue weighted by Crippen LogP contribution is 2.50. The minimum atomic E-state index is -0.320. The second kappa shape index (κ2) is 4.64. The average Bonchev–Trinajstić information content (AvgIpc) is 3.09. The van der Waals surface area contributed by atoms with Crippen molar-refractivity contribution in [2.24, 2.45) is 4.99 Å². The monoisotopic (exact) mass is 249 g/mol. The molecule has 1 aromatic carbocycles. The van der Waals surface area contributed by atoms with E-state index in [-0.39, 0.29) is 5.54 Å². The Morgan fingerprint density at radius 3 is 2.71 bits per heavy atom. The Balaban J connectivity index is 2.34. The summed E-state index contributed by atoms with van der Waals surface area (Å²) in [6.07, 6.45) is 4.57. The van der Waals surface area contributed by atoms with E-state index >= 15 is 0 Å². The summed E-state index contributed by atoms with van der Waals surface area (Å²) in [4.78, 5) is 14.3. The molecule has 3 heteroatoms. The third kappa shape index (κ3) is 2.29. The standard InChI is InChI=1S/C14H16ClNO/c1-3-10(2)12-5-4-11(8-13(12)15)14(6-7-14)16-9-17/h4-5,8,10H,3,6-7H2,1-2H3. The molecular formula is C14H16ClNO. The van der Waals surface area contributed by atoms with Gasteiger partial charge in [0, 0.05) is 5.02 Å². The van der Waals surface area contributed by atoms with Gasteiger partial charge in [-0.1, -0.05) is 37.6 Å². The molecule has 1 aromatic rings. The Morgan fingerprint density at radius 1 is 1.53 bits per heavy atom. The quantitative estimate of drug-likeness (QED) is 0.581. The van der Waals surface area contributed by atoms with Crippen LogP contribution >= 0.6 is 11.6 Å². The molecule has 0 heterocycles. The number of isocyanates is 1. The van der Waals surface area contributed by atoms with E-state index in [9.17, 15) is 4.79 Å². The Kier molecular flexibility index (Phi) is 3.37. The first-order valence-corrected chi connectivity index (χ1v) is 6.39. The van der Waals surface area contributed by atoms with E-state index in [1.807, 2.05) is 12.1 Å². The normalized spacial score (nSPS) is 18.3. The molecule has 1 saturated carbocycles. The minimum absolute atomic E-state index is 0.320. The van der Waals surface area contributed by atoms with Crippen LogP contribution in [0.5, 0.6) is 0 Å². The van der Waals surface area contributed by atoms with Gasteiger partial charge in [0.1, 0.15) is 0 Å². The Hall–Kier alpha value is -1.11. The zero-order chi connectivity index (χ0) is 12.5. The van der Waals surface area contributed by atoms with Crippen LogP contribution in [0.2, 0.25) is 5.02 Å². The third-order valence-electron chi connectivity index (χ3n) is 3.66. The Bertz CT molecular complexity index is 473. The largest absolute Gasteiger partial charge is 0.235 e. The van der Waals surface area contributed by atoms with E-state index in [0.29, 0.717) is 5.92 Å². The van der Waals surface area contributed by atoms with Crippen molar-refractivity contribution >= 4 is 17.7 Å². The fourth-order valence-corrected chi connectivity index (χ4v) is 2.47. The molecule has 1 fully saturated rings.